The molecule has 0 aromatic carbocycles. The number of anilines is 1. The monoisotopic (exact) mass is 228 g/mol. The number of aromatic nitrogens is 1. The van der Waals surface area contributed by atoms with E-state index in [1.165, 1.54) is 0 Å². The van der Waals surface area contributed by atoms with E-state index in [0.29, 0.717) is 6.04 Å². The Morgan fingerprint density at radius 1 is 1.60 bits per heavy atom. The molecule has 0 aliphatic carbocycles. The third-order valence-electron chi connectivity index (χ3n) is 2.74. The van der Waals surface area contributed by atoms with Crippen molar-refractivity contribution in [3.05, 3.63) is 11.1 Å². The highest BCUT2D eigenvalue weighted by Gasteiger charge is 2.20. The van der Waals surface area contributed by atoms with Crippen molar-refractivity contribution < 1.29 is 9.84 Å². The van der Waals surface area contributed by atoms with Gasteiger partial charge in [-0.25, -0.2) is 4.98 Å². The smallest absolute Gasteiger partial charge is 0.185 e. The van der Waals surface area contributed by atoms with Crippen molar-refractivity contribution >= 4 is 16.5 Å². The van der Waals surface area contributed by atoms with Crippen LogP contribution in [0.25, 0.3) is 0 Å². The highest BCUT2D eigenvalue weighted by atomic mass is 32.1. The van der Waals surface area contributed by atoms with Gasteiger partial charge in [0, 0.05) is 32.5 Å². The Balaban J connectivity index is 2.02. The first-order valence-electron chi connectivity index (χ1n) is 5.17. The molecular formula is C10H16N2O2S. The highest BCUT2D eigenvalue weighted by Crippen LogP contribution is 2.25. The molecule has 1 aromatic heterocycles. The van der Waals surface area contributed by atoms with Gasteiger partial charge >= 0.3 is 0 Å². The maximum Gasteiger partial charge on any atom is 0.185 e. The number of aliphatic hydroxyl groups excluding tert-OH is 1. The first kappa shape index (κ1) is 10.9. The molecule has 2 rings (SSSR count). The molecule has 0 unspecified atom stereocenters. The molecule has 1 aliphatic rings. The molecule has 1 saturated heterocycles. The molecule has 0 atom stereocenters. The normalized spacial score (nSPS) is 18.0. The number of aliphatic hydroxyl groups is 1. The Morgan fingerprint density at radius 2 is 2.33 bits per heavy atom. The summed E-state index contributed by atoms with van der Waals surface area (Å²) in [4.78, 5) is 7.43. The largest absolute Gasteiger partial charge is 0.391 e. The average molecular weight is 228 g/mol. The van der Waals surface area contributed by atoms with Gasteiger partial charge in [0.1, 0.15) is 0 Å². The number of rotatable bonds is 3. The van der Waals surface area contributed by atoms with Crippen LogP contribution in [0.4, 0.5) is 5.13 Å². The van der Waals surface area contributed by atoms with Crippen LogP contribution in [0.3, 0.4) is 0 Å². The molecule has 1 fully saturated rings. The standard InChI is InChI=1S/C10H16N2O2S/c1-12(8-2-4-14-5-3-8)10-11-6-9(7-13)15-10/h6,8,13H,2-5,7H2,1H3. The van der Waals surface area contributed by atoms with Crippen molar-refractivity contribution in [2.75, 3.05) is 25.2 Å². The molecule has 0 amide bonds. The summed E-state index contributed by atoms with van der Waals surface area (Å²) in [7, 11) is 2.07. The maximum absolute atomic E-state index is 8.97. The van der Waals surface area contributed by atoms with Gasteiger partial charge in [-0.3, -0.25) is 0 Å². The minimum absolute atomic E-state index is 0.0826. The minimum Gasteiger partial charge on any atom is -0.391 e. The lowest BCUT2D eigenvalue weighted by atomic mass is 10.1. The lowest BCUT2D eigenvalue weighted by molar-refractivity contribution is 0.0855. The van der Waals surface area contributed by atoms with Crippen molar-refractivity contribution in [3.63, 3.8) is 0 Å². The molecule has 0 radical (unpaired) electrons. The van der Waals surface area contributed by atoms with Crippen molar-refractivity contribution in [3.8, 4) is 0 Å². The second-order valence-electron chi connectivity index (χ2n) is 3.72. The van der Waals surface area contributed by atoms with E-state index in [0.717, 1.165) is 36.1 Å². The Morgan fingerprint density at radius 3 is 2.93 bits per heavy atom. The van der Waals surface area contributed by atoms with Gasteiger partial charge in [-0.1, -0.05) is 11.3 Å². The molecule has 0 saturated carbocycles. The van der Waals surface area contributed by atoms with Gasteiger partial charge in [0.05, 0.1) is 11.5 Å². The van der Waals surface area contributed by atoms with E-state index in [4.69, 9.17) is 9.84 Å². The van der Waals surface area contributed by atoms with Gasteiger partial charge in [-0.2, -0.15) is 0 Å². The summed E-state index contributed by atoms with van der Waals surface area (Å²) in [6.45, 7) is 1.76. The second kappa shape index (κ2) is 4.92. The van der Waals surface area contributed by atoms with E-state index in [-0.39, 0.29) is 6.61 Å². The van der Waals surface area contributed by atoms with E-state index in [2.05, 4.69) is 16.9 Å². The fraction of sp³-hybridized carbons (Fsp3) is 0.700. The first-order valence-corrected chi connectivity index (χ1v) is 5.99. The molecule has 4 nitrogen and oxygen atoms in total. The number of hydrogen-bond acceptors (Lipinski definition) is 5. The van der Waals surface area contributed by atoms with Gasteiger partial charge in [-0.05, 0) is 12.8 Å². The van der Waals surface area contributed by atoms with Crippen LogP contribution in [-0.2, 0) is 11.3 Å². The summed E-state index contributed by atoms with van der Waals surface area (Å²) in [5.74, 6) is 0. The van der Waals surface area contributed by atoms with E-state index in [1.807, 2.05) is 0 Å². The Bertz CT molecular complexity index is 310. The number of ether oxygens (including phenoxy) is 1. The third-order valence-corrected chi connectivity index (χ3v) is 3.81. The highest BCUT2D eigenvalue weighted by molar-refractivity contribution is 7.15. The Kier molecular flexibility index (Phi) is 3.56. The average Bonchev–Trinajstić information content (AvgIpc) is 2.78. The molecule has 2 heterocycles. The third kappa shape index (κ3) is 2.48. The van der Waals surface area contributed by atoms with E-state index >= 15 is 0 Å². The Labute approximate surface area is 93.5 Å². The molecule has 1 aliphatic heterocycles. The van der Waals surface area contributed by atoms with Gasteiger partial charge < -0.3 is 14.7 Å². The van der Waals surface area contributed by atoms with Gasteiger partial charge in [0.25, 0.3) is 0 Å². The molecule has 15 heavy (non-hydrogen) atoms. The lowest BCUT2D eigenvalue weighted by Crippen LogP contribution is -2.36. The van der Waals surface area contributed by atoms with E-state index in [9.17, 15) is 0 Å². The second-order valence-corrected chi connectivity index (χ2v) is 4.82. The van der Waals surface area contributed by atoms with Crippen LogP contribution < -0.4 is 4.90 Å². The quantitative estimate of drug-likeness (QED) is 0.845. The SMILES string of the molecule is CN(c1ncc(CO)s1)C1CCOCC1. The number of thiazole rings is 1. The fourth-order valence-corrected chi connectivity index (χ4v) is 2.56. The van der Waals surface area contributed by atoms with Crippen LogP contribution in [0, 0.1) is 0 Å². The van der Waals surface area contributed by atoms with Crippen LogP contribution >= 0.6 is 11.3 Å². The predicted octanol–water partition coefficient (Wildman–Crippen LogP) is 1.25. The van der Waals surface area contributed by atoms with E-state index < -0.39 is 0 Å². The summed E-state index contributed by atoms with van der Waals surface area (Å²) in [6, 6.07) is 0.524. The van der Waals surface area contributed by atoms with Crippen molar-refractivity contribution in [2.24, 2.45) is 0 Å². The zero-order chi connectivity index (χ0) is 10.7. The number of nitrogens with zero attached hydrogens (tertiary/aromatic N) is 2. The zero-order valence-corrected chi connectivity index (χ0v) is 9.66. The van der Waals surface area contributed by atoms with Gasteiger partial charge in [0.15, 0.2) is 5.13 Å². The minimum atomic E-state index is 0.0826. The fourth-order valence-electron chi connectivity index (χ4n) is 1.76. The van der Waals surface area contributed by atoms with Crippen LogP contribution in [0.1, 0.15) is 17.7 Å². The van der Waals surface area contributed by atoms with Gasteiger partial charge in [0.2, 0.25) is 0 Å². The van der Waals surface area contributed by atoms with Crippen molar-refractivity contribution in [1.82, 2.24) is 4.98 Å². The van der Waals surface area contributed by atoms with Gasteiger partial charge in [-0.15, -0.1) is 0 Å². The Hall–Kier alpha value is -0.650. The summed E-state index contributed by atoms with van der Waals surface area (Å²) in [5.41, 5.74) is 0. The molecule has 0 spiro atoms. The summed E-state index contributed by atoms with van der Waals surface area (Å²) < 4.78 is 5.33. The van der Waals surface area contributed by atoms with Crippen molar-refractivity contribution in [2.45, 2.75) is 25.5 Å². The molecule has 1 aromatic rings. The summed E-state index contributed by atoms with van der Waals surface area (Å²) in [5, 5.41) is 9.97. The molecular weight excluding hydrogens is 212 g/mol. The van der Waals surface area contributed by atoms with E-state index in [1.54, 1.807) is 17.5 Å². The molecule has 0 bridgehead atoms. The van der Waals surface area contributed by atoms with Crippen molar-refractivity contribution in [1.29, 1.82) is 0 Å². The molecule has 5 heteroatoms. The van der Waals surface area contributed by atoms with Crippen LogP contribution in [0.5, 0.6) is 0 Å². The molecule has 84 valence electrons. The maximum atomic E-state index is 8.97. The van der Waals surface area contributed by atoms with Crippen LogP contribution in [0.15, 0.2) is 6.20 Å². The summed E-state index contributed by atoms with van der Waals surface area (Å²) >= 11 is 1.56. The lowest BCUT2D eigenvalue weighted by Gasteiger charge is -2.30. The first-order chi connectivity index (χ1) is 7.31. The summed E-state index contributed by atoms with van der Waals surface area (Å²) in [6.07, 6.45) is 3.87. The van der Waals surface area contributed by atoms with Crippen LogP contribution in [0.2, 0.25) is 0 Å². The number of hydrogen-bond donors (Lipinski definition) is 1. The van der Waals surface area contributed by atoms with Crippen LogP contribution in [-0.4, -0.2) is 36.4 Å². The predicted molar refractivity (Wildman–Crippen MR) is 60.3 cm³/mol. The molecule has 1 N–H and O–H groups in total. The topological polar surface area (TPSA) is 45.6 Å². The zero-order valence-electron chi connectivity index (χ0n) is 8.85.